The number of aromatic nitrogens is 4. The van der Waals surface area contributed by atoms with Crippen molar-refractivity contribution in [1.82, 2.24) is 20.3 Å². The second kappa shape index (κ2) is 4.81. The van der Waals surface area contributed by atoms with Gasteiger partial charge in [0.2, 0.25) is 17.6 Å². The van der Waals surface area contributed by atoms with E-state index in [-0.39, 0.29) is 11.8 Å². The van der Waals surface area contributed by atoms with Gasteiger partial charge in [-0.2, -0.15) is 10.1 Å². The van der Waals surface area contributed by atoms with Gasteiger partial charge in [0.05, 0.1) is 22.7 Å². The van der Waals surface area contributed by atoms with Crippen molar-refractivity contribution in [2.75, 3.05) is 11.4 Å². The van der Waals surface area contributed by atoms with Gasteiger partial charge in [0.25, 0.3) is 0 Å². The Labute approximate surface area is 123 Å². The third kappa shape index (κ3) is 2.13. The summed E-state index contributed by atoms with van der Waals surface area (Å²) in [4.78, 5) is 19.1. The largest absolute Gasteiger partial charge is 0.339 e. The third-order valence-corrected chi connectivity index (χ3v) is 4.32. The van der Waals surface area contributed by atoms with Gasteiger partial charge >= 0.3 is 0 Å². The van der Waals surface area contributed by atoms with Gasteiger partial charge in [-0.1, -0.05) is 11.2 Å². The number of thiophene rings is 1. The van der Waals surface area contributed by atoms with Gasteiger partial charge in [-0.25, -0.2) is 0 Å². The molecule has 1 amide bonds. The second-order valence-corrected chi connectivity index (χ2v) is 5.74. The fourth-order valence-electron chi connectivity index (χ4n) is 2.42. The molecule has 4 rings (SSSR count). The number of hydrogen-bond acceptors (Lipinski definition) is 6. The van der Waals surface area contributed by atoms with Crippen LogP contribution in [0.2, 0.25) is 0 Å². The number of H-pyrrole nitrogens is 1. The average Bonchev–Trinajstić information content (AvgIpc) is 3.26. The maximum Gasteiger partial charge on any atom is 0.232 e. The van der Waals surface area contributed by atoms with Crippen LogP contribution in [-0.4, -0.2) is 32.8 Å². The maximum absolute atomic E-state index is 12.1. The molecule has 0 aliphatic carbocycles. The SMILES string of the molecule is O=C1C[C@@H](c2nc(-c3cccs3)no2)CN1c1cn[nH]c1. The van der Waals surface area contributed by atoms with Gasteiger partial charge in [-0.05, 0) is 11.4 Å². The first-order valence-electron chi connectivity index (χ1n) is 6.48. The number of carbonyl (C=O) groups is 1. The van der Waals surface area contributed by atoms with Gasteiger partial charge in [-0.3, -0.25) is 9.89 Å². The summed E-state index contributed by atoms with van der Waals surface area (Å²) in [5, 5.41) is 12.5. The van der Waals surface area contributed by atoms with Crippen molar-refractivity contribution in [2.24, 2.45) is 0 Å². The van der Waals surface area contributed by atoms with Crippen molar-refractivity contribution in [3.8, 4) is 10.7 Å². The molecule has 0 bridgehead atoms. The van der Waals surface area contributed by atoms with Crippen molar-refractivity contribution >= 4 is 22.9 Å². The van der Waals surface area contributed by atoms with Crippen LogP contribution in [0.3, 0.4) is 0 Å². The zero-order chi connectivity index (χ0) is 14.2. The number of amides is 1. The van der Waals surface area contributed by atoms with Crippen molar-refractivity contribution in [1.29, 1.82) is 0 Å². The molecule has 21 heavy (non-hydrogen) atoms. The van der Waals surface area contributed by atoms with Crippen LogP contribution < -0.4 is 4.90 Å². The van der Waals surface area contributed by atoms with E-state index in [9.17, 15) is 4.79 Å². The van der Waals surface area contributed by atoms with E-state index in [1.54, 1.807) is 28.6 Å². The van der Waals surface area contributed by atoms with Crippen LogP contribution in [-0.2, 0) is 4.79 Å². The Morgan fingerprint density at radius 3 is 3.19 bits per heavy atom. The summed E-state index contributed by atoms with van der Waals surface area (Å²) in [6, 6.07) is 3.88. The van der Waals surface area contributed by atoms with Gasteiger partial charge in [0.1, 0.15) is 0 Å². The highest BCUT2D eigenvalue weighted by Crippen LogP contribution is 2.32. The van der Waals surface area contributed by atoms with Crippen molar-refractivity contribution in [3.05, 3.63) is 35.8 Å². The van der Waals surface area contributed by atoms with E-state index < -0.39 is 0 Å². The normalized spacial score (nSPS) is 18.6. The van der Waals surface area contributed by atoms with E-state index in [1.807, 2.05) is 17.5 Å². The minimum atomic E-state index is -0.0754. The smallest absolute Gasteiger partial charge is 0.232 e. The van der Waals surface area contributed by atoms with Crippen LogP contribution in [0.5, 0.6) is 0 Å². The second-order valence-electron chi connectivity index (χ2n) is 4.80. The number of carbonyl (C=O) groups excluding carboxylic acids is 1. The molecule has 7 nitrogen and oxygen atoms in total. The molecule has 4 heterocycles. The Morgan fingerprint density at radius 2 is 2.43 bits per heavy atom. The quantitative estimate of drug-likeness (QED) is 0.799. The lowest BCUT2D eigenvalue weighted by Crippen LogP contribution is -2.23. The summed E-state index contributed by atoms with van der Waals surface area (Å²) < 4.78 is 5.33. The molecule has 1 aliphatic heterocycles. The predicted molar refractivity (Wildman–Crippen MR) is 75.9 cm³/mol. The number of nitrogens with zero attached hydrogens (tertiary/aromatic N) is 4. The molecule has 0 saturated carbocycles. The summed E-state index contributed by atoms with van der Waals surface area (Å²) in [6.45, 7) is 0.532. The average molecular weight is 301 g/mol. The molecule has 1 aliphatic rings. The first-order valence-corrected chi connectivity index (χ1v) is 7.36. The van der Waals surface area contributed by atoms with Crippen molar-refractivity contribution in [3.63, 3.8) is 0 Å². The van der Waals surface area contributed by atoms with E-state index in [2.05, 4.69) is 20.3 Å². The molecule has 0 radical (unpaired) electrons. The molecule has 0 unspecified atom stereocenters. The number of anilines is 1. The molecule has 1 N–H and O–H groups in total. The van der Waals surface area contributed by atoms with Crippen LogP contribution in [0.25, 0.3) is 10.7 Å². The zero-order valence-corrected chi connectivity index (χ0v) is 11.7. The molecule has 0 aromatic carbocycles. The molecular formula is C13H11N5O2S. The lowest BCUT2D eigenvalue weighted by molar-refractivity contribution is -0.117. The molecular weight excluding hydrogens is 290 g/mol. The molecule has 1 fully saturated rings. The highest BCUT2D eigenvalue weighted by atomic mass is 32.1. The van der Waals surface area contributed by atoms with Gasteiger partial charge in [-0.15, -0.1) is 11.3 Å². The van der Waals surface area contributed by atoms with Crippen LogP contribution in [0.15, 0.2) is 34.4 Å². The number of aromatic amines is 1. The summed E-state index contributed by atoms with van der Waals surface area (Å²) in [5.74, 6) is 1.05. The van der Waals surface area contributed by atoms with Crippen LogP contribution >= 0.6 is 11.3 Å². The van der Waals surface area contributed by atoms with Gasteiger partial charge in [0.15, 0.2) is 0 Å². The van der Waals surface area contributed by atoms with Gasteiger partial charge in [0, 0.05) is 19.2 Å². The Bertz CT molecular complexity index is 749. The molecule has 106 valence electrons. The Balaban J connectivity index is 1.57. The predicted octanol–water partition coefficient (Wildman–Crippen LogP) is 2.04. The first-order chi connectivity index (χ1) is 10.3. The van der Waals surface area contributed by atoms with Crippen molar-refractivity contribution < 1.29 is 9.32 Å². The minimum absolute atomic E-state index is 0.0391. The topological polar surface area (TPSA) is 87.9 Å². The number of hydrogen-bond donors (Lipinski definition) is 1. The summed E-state index contributed by atoms with van der Waals surface area (Å²) in [5.41, 5.74) is 0.764. The standard InChI is InChI=1S/C13H11N5O2S/c19-11-4-8(7-18(11)9-5-14-15-6-9)13-16-12(17-20-13)10-2-1-3-21-10/h1-3,5-6,8H,4,7H2,(H,14,15)/t8-/m1/s1. The molecule has 3 aromatic rings. The Kier molecular flexibility index (Phi) is 2.81. The first kappa shape index (κ1) is 12.3. The highest BCUT2D eigenvalue weighted by molar-refractivity contribution is 7.13. The molecule has 1 saturated heterocycles. The molecule has 3 aromatic heterocycles. The zero-order valence-electron chi connectivity index (χ0n) is 10.9. The summed E-state index contributed by atoms with van der Waals surface area (Å²) in [6.07, 6.45) is 3.70. The summed E-state index contributed by atoms with van der Waals surface area (Å²) in [7, 11) is 0. The number of nitrogens with one attached hydrogen (secondary N) is 1. The monoisotopic (exact) mass is 301 g/mol. The fourth-order valence-corrected chi connectivity index (χ4v) is 3.07. The van der Waals surface area contributed by atoms with E-state index in [0.717, 1.165) is 10.6 Å². The van der Waals surface area contributed by atoms with Crippen LogP contribution in [0.1, 0.15) is 18.2 Å². The van der Waals surface area contributed by atoms with Crippen LogP contribution in [0, 0.1) is 0 Å². The van der Waals surface area contributed by atoms with Crippen molar-refractivity contribution in [2.45, 2.75) is 12.3 Å². The molecule has 0 spiro atoms. The lowest BCUT2D eigenvalue weighted by atomic mass is 10.1. The lowest BCUT2D eigenvalue weighted by Gasteiger charge is -2.12. The third-order valence-electron chi connectivity index (χ3n) is 3.45. The Hall–Kier alpha value is -2.48. The molecule has 8 heteroatoms. The van der Waals surface area contributed by atoms with E-state index in [0.29, 0.717) is 24.7 Å². The highest BCUT2D eigenvalue weighted by Gasteiger charge is 2.35. The van der Waals surface area contributed by atoms with E-state index in [1.165, 1.54) is 0 Å². The Morgan fingerprint density at radius 1 is 1.48 bits per heavy atom. The van der Waals surface area contributed by atoms with E-state index >= 15 is 0 Å². The fraction of sp³-hybridized carbons (Fsp3) is 0.231. The van der Waals surface area contributed by atoms with E-state index in [4.69, 9.17) is 4.52 Å². The van der Waals surface area contributed by atoms with Crippen LogP contribution in [0.4, 0.5) is 5.69 Å². The maximum atomic E-state index is 12.1. The molecule has 1 atom stereocenters. The number of rotatable bonds is 3. The summed E-state index contributed by atoms with van der Waals surface area (Å²) >= 11 is 1.56. The van der Waals surface area contributed by atoms with Gasteiger partial charge < -0.3 is 9.42 Å². The minimum Gasteiger partial charge on any atom is -0.339 e.